The van der Waals surface area contributed by atoms with E-state index in [1.807, 2.05) is 54.7 Å². The molecule has 0 atom stereocenters. The highest BCUT2D eigenvalue weighted by molar-refractivity contribution is 6.65. The molecule has 10 heteroatoms. The first-order valence-corrected chi connectivity index (χ1v) is 15.0. The predicted molar refractivity (Wildman–Crippen MR) is 172 cm³/mol. The molecule has 0 bridgehead atoms. The fourth-order valence-electron chi connectivity index (χ4n) is 5.75. The largest absolute Gasteiger partial charge is 0.495 e. The van der Waals surface area contributed by atoms with Crippen LogP contribution in [0.5, 0.6) is 0 Å². The van der Waals surface area contributed by atoms with Crippen LogP contribution in [-0.4, -0.2) is 47.7 Å². The molecular weight excluding hydrogens is 586 g/mol. The molecule has 0 spiro atoms. The van der Waals surface area contributed by atoms with Crippen LogP contribution in [0.3, 0.4) is 0 Å². The summed E-state index contributed by atoms with van der Waals surface area (Å²) in [5.74, 6) is -0.756. The second-order valence-corrected chi connectivity index (χ2v) is 12.9. The highest BCUT2D eigenvalue weighted by Crippen LogP contribution is 2.44. The monoisotopic (exact) mass is 616 g/mol. The van der Waals surface area contributed by atoms with E-state index in [2.05, 4.69) is 23.8 Å². The summed E-state index contributed by atoms with van der Waals surface area (Å²) < 4.78 is 11.5. The SMILES string of the molecule is CC1(C)COB(c2cc3cc[nH]c3cc2Cl)OC1.O=Cc1c[nH]c2cc(Cl)c(-c3ccc(C4(C(=O)O)CCC4)cc3)cc12. The summed E-state index contributed by atoms with van der Waals surface area (Å²) in [5, 5.41) is 12.8. The molecule has 0 amide bonds. The quantitative estimate of drug-likeness (QED) is 0.141. The average Bonchev–Trinajstić information content (AvgIpc) is 3.58. The van der Waals surface area contributed by atoms with Crippen LogP contribution in [0.4, 0.5) is 0 Å². The van der Waals surface area contributed by atoms with Gasteiger partial charge in [0.25, 0.3) is 0 Å². The molecule has 0 radical (unpaired) electrons. The summed E-state index contributed by atoms with van der Waals surface area (Å²) in [6.07, 6.45) is 6.68. The summed E-state index contributed by atoms with van der Waals surface area (Å²) in [7, 11) is -0.357. The highest BCUT2D eigenvalue weighted by atomic mass is 35.5. The van der Waals surface area contributed by atoms with Crippen LogP contribution in [0, 0.1) is 5.41 Å². The Kier molecular flexibility index (Phi) is 7.90. The van der Waals surface area contributed by atoms with Gasteiger partial charge in [-0.05, 0) is 53.6 Å². The molecule has 5 aromatic rings. The standard InChI is InChI=1S/C20H16ClNO3.C13H15BClNO2/c21-17-9-18-16(13(11-23)10-22-18)8-15(17)12-2-4-14(5-3-12)20(19(24)25)6-1-7-20;1-13(2)7-17-14(18-8-13)10-5-9-3-4-16-12(9)6-11(10)15/h2-5,8-11,22H,1,6-7H2,(H,24,25);3-6,16H,7-8H2,1-2H3. The normalized spacial score (nSPS) is 17.3. The number of aromatic nitrogens is 2. The van der Waals surface area contributed by atoms with E-state index >= 15 is 0 Å². The number of aromatic amines is 2. The van der Waals surface area contributed by atoms with Gasteiger partial charge >= 0.3 is 13.1 Å². The first-order chi connectivity index (χ1) is 20.6. The lowest BCUT2D eigenvalue weighted by molar-refractivity contribution is -0.147. The smallest absolute Gasteiger partial charge is 0.481 e. The lowest BCUT2D eigenvalue weighted by Crippen LogP contribution is -2.47. The number of nitrogens with one attached hydrogen (secondary N) is 2. The summed E-state index contributed by atoms with van der Waals surface area (Å²) in [5.41, 5.74) is 5.21. The van der Waals surface area contributed by atoms with Crippen LogP contribution in [0.25, 0.3) is 32.9 Å². The Bertz CT molecular complexity index is 1810. The van der Waals surface area contributed by atoms with E-state index < -0.39 is 11.4 Å². The van der Waals surface area contributed by atoms with Crippen LogP contribution in [-0.2, 0) is 19.5 Å². The molecule has 3 aromatic carbocycles. The van der Waals surface area contributed by atoms with E-state index in [1.165, 1.54) is 0 Å². The number of hydrogen-bond acceptors (Lipinski definition) is 4. The molecule has 2 aromatic heterocycles. The van der Waals surface area contributed by atoms with Crippen molar-refractivity contribution in [1.29, 1.82) is 0 Å². The first kappa shape index (κ1) is 29.5. The topological polar surface area (TPSA) is 104 Å². The minimum atomic E-state index is -0.756. The zero-order valence-electron chi connectivity index (χ0n) is 23.9. The van der Waals surface area contributed by atoms with Crippen molar-refractivity contribution in [3.05, 3.63) is 88.2 Å². The third kappa shape index (κ3) is 5.61. The van der Waals surface area contributed by atoms with Crippen molar-refractivity contribution in [2.45, 2.75) is 38.5 Å². The number of carboxylic acids is 1. The number of carbonyl (C=O) groups is 2. The van der Waals surface area contributed by atoms with Crippen LogP contribution in [0.15, 0.2) is 67.0 Å². The number of benzene rings is 3. The fourth-order valence-corrected chi connectivity index (χ4v) is 6.28. The molecule has 1 saturated carbocycles. The maximum Gasteiger partial charge on any atom is 0.495 e. The molecule has 1 saturated heterocycles. The number of rotatable bonds is 5. The lowest BCUT2D eigenvalue weighted by atomic mass is 9.64. The van der Waals surface area contributed by atoms with Gasteiger partial charge in [-0.15, -0.1) is 0 Å². The molecule has 7 rings (SSSR count). The lowest BCUT2D eigenvalue weighted by Gasteiger charge is -2.38. The van der Waals surface area contributed by atoms with E-state index in [4.69, 9.17) is 32.5 Å². The second-order valence-electron chi connectivity index (χ2n) is 12.1. The number of carbonyl (C=O) groups excluding carboxylic acids is 1. The molecule has 2 fully saturated rings. The van der Waals surface area contributed by atoms with Crippen molar-refractivity contribution in [3.8, 4) is 11.1 Å². The fraction of sp³-hybridized carbons (Fsp3) is 0.273. The van der Waals surface area contributed by atoms with Crippen molar-refractivity contribution in [2.24, 2.45) is 5.41 Å². The number of fused-ring (bicyclic) bond motifs is 2. The van der Waals surface area contributed by atoms with Crippen LogP contribution in [0.2, 0.25) is 10.0 Å². The molecule has 43 heavy (non-hydrogen) atoms. The molecule has 2 aliphatic rings. The minimum Gasteiger partial charge on any atom is -0.481 e. The van der Waals surface area contributed by atoms with Crippen molar-refractivity contribution < 1.29 is 24.0 Å². The molecule has 3 heterocycles. The molecule has 0 unspecified atom stereocenters. The summed E-state index contributed by atoms with van der Waals surface area (Å²) in [6, 6.07) is 17.2. The van der Waals surface area contributed by atoms with E-state index in [9.17, 15) is 14.7 Å². The van der Waals surface area contributed by atoms with Crippen molar-refractivity contribution in [3.63, 3.8) is 0 Å². The van der Waals surface area contributed by atoms with E-state index in [-0.39, 0.29) is 12.5 Å². The first-order valence-electron chi connectivity index (χ1n) is 14.2. The Morgan fingerprint density at radius 3 is 2.28 bits per heavy atom. The van der Waals surface area contributed by atoms with Crippen molar-refractivity contribution in [2.75, 3.05) is 13.2 Å². The number of aldehydes is 1. The van der Waals surface area contributed by atoms with Crippen LogP contribution in [0.1, 0.15) is 49.0 Å². The third-order valence-electron chi connectivity index (χ3n) is 8.47. The summed E-state index contributed by atoms with van der Waals surface area (Å²) >= 11 is 12.7. The van der Waals surface area contributed by atoms with Crippen LogP contribution < -0.4 is 5.46 Å². The van der Waals surface area contributed by atoms with Gasteiger partial charge in [0.1, 0.15) is 0 Å². The van der Waals surface area contributed by atoms with Crippen molar-refractivity contribution >= 4 is 69.8 Å². The molecule has 1 aliphatic carbocycles. The predicted octanol–water partition coefficient (Wildman–Crippen LogP) is 7.40. The van der Waals surface area contributed by atoms with Gasteiger partial charge in [-0.25, -0.2) is 0 Å². The van der Waals surface area contributed by atoms with Gasteiger partial charge in [-0.3, -0.25) is 9.59 Å². The number of halogens is 2. The number of aliphatic carboxylic acids is 1. The third-order valence-corrected chi connectivity index (χ3v) is 9.11. The van der Waals surface area contributed by atoms with Crippen LogP contribution >= 0.6 is 23.2 Å². The van der Waals surface area contributed by atoms with Gasteiger partial charge in [0.05, 0.1) is 10.4 Å². The second kappa shape index (κ2) is 11.5. The Hall–Kier alpha value is -3.56. The molecule has 220 valence electrons. The summed E-state index contributed by atoms with van der Waals surface area (Å²) in [6.45, 7) is 5.61. The Morgan fingerprint density at radius 2 is 1.65 bits per heavy atom. The maximum atomic E-state index is 11.6. The number of carboxylic acid groups (broad SMARTS) is 1. The zero-order valence-corrected chi connectivity index (χ0v) is 25.4. The van der Waals surface area contributed by atoms with Gasteiger partial charge in [0, 0.05) is 69.1 Å². The molecular formula is C33H31BCl2N2O5. The minimum absolute atomic E-state index is 0.0706. The van der Waals surface area contributed by atoms with E-state index in [1.54, 1.807) is 12.3 Å². The maximum absolute atomic E-state index is 11.6. The van der Waals surface area contributed by atoms with E-state index in [0.717, 1.165) is 56.7 Å². The van der Waals surface area contributed by atoms with Gasteiger partial charge in [-0.2, -0.15) is 0 Å². The Morgan fingerprint density at radius 1 is 0.953 bits per heavy atom. The highest BCUT2D eigenvalue weighted by Gasteiger charge is 2.45. The van der Waals surface area contributed by atoms with Gasteiger partial charge in [0.15, 0.2) is 6.29 Å². The Balaban J connectivity index is 0.000000162. The summed E-state index contributed by atoms with van der Waals surface area (Å²) in [4.78, 5) is 29.0. The molecule has 3 N–H and O–H groups in total. The van der Waals surface area contributed by atoms with Crippen molar-refractivity contribution in [1.82, 2.24) is 9.97 Å². The van der Waals surface area contributed by atoms with Gasteiger partial charge in [0.2, 0.25) is 0 Å². The molecule has 1 aliphatic heterocycles. The molecule has 7 nitrogen and oxygen atoms in total. The van der Waals surface area contributed by atoms with Gasteiger partial charge in [-0.1, -0.05) is 73.8 Å². The average molecular weight is 617 g/mol. The Labute approximate surface area is 259 Å². The number of hydrogen-bond donors (Lipinski definition) is 3. The zero-order chi connectivity index (χ0) is 30.4. The van der Waals surface area contributed by atoms with Gasteiger partial charge < -0.3 is 24.4 Å². The number of H-pyrrole nitrogens is 2. The van der Waals surface area contributed by atoms with E-state index in [0.29, 0.717) is 41.7 Å².